The van der Waals surface area contributed by atoms with Gasteiger partial charge in [-0.15, -0.1) is 11.8 Å². The van der Waals surface area contributed by atoms with E-state index in [1.807, 2.05) is 24.3 Å². The van der Waals surface area contributed by atoms with Crippen molar-refractivity contribution in [1.82, 2.24) is 4.90 Å². The highest BCUT2D eigenvalue weighted by atomic mass is 32.2. The van der Waals surface area contributed by atoms with Crippen molar-refractivity contribution in [2.45, 2.75) is 36.1 Å². The monoisotopic (exact) mass is 291 g/mol. The van der Waals surface area contributed by atoms with Crippen molar-refractivity contribution in [3.05, 3.63) is 29.8 Å². The number of carboxylic acid groups (broad SMARTS) is 1. The third kappa shape index (κ3) is 2.68. The van der Waals surface area contributed by atoms with E-state index in [9.17, 15) is 9.59 Å². The normalized spacial score (nSPS) is 20.5. The van der Waals surface area contributed by atoms with Gasteiger partial charge in [-0.25, -0.2) is 0 Å². The van der Waals surface area contributed by atoms with Crippen molar-refractivity contribution in [3.8, 4) is 0 Å². The SMILES string of the molecule is O=C(O)CCN(C(=O)C1CSc2ccccc21)C1CC1. The van der Waals surface area contributed by atoms with Crippen LogP contribution in [0.25, 0.3) is 0 Å². The Bertz CT molecular complexity index is 542. The molecule has 0 radical (unpaired) electrons. The van der Waals surface area contributed by atoms with Gasteiger partial charge in [0.25, 0.3) is 0 Å². The molecule has 1 amide bonds. The standard InChI is InChI=1S/C15H17NO3S/c17-14(18)7-8-16(10-5-6-10)15(19)12-9-20-13-4-2-1-3-11(12)13/h1-4,10,12H,5-9H2,(H,17,18). The third-order valence-corrected chi connectivity index (χ3v) is 5.02. The maximum atomic E-state index is 12.7. The van der Waals surface area contributed by atoms with Crippen LogP contribution in [0.4, 0.5) is 0 Å². The fraction of sp³-hybridized carbons (Fsp3) is 0.467. The summed E-state index contributed by atoms with van der Waals surface area (Å²) >= 11 is 1.71. The first-order chi connectivity index (χ1) is 9.66. The molecule has 1 aromatic rings. The van der Waals surface area contributed by atoms with Crippen molar-refractivity contribution in [2.24, 2.45) is 0 Å². The van der Waals surface area contributed by atoms with Gasteiger partial charge in [0, 0.05) is 23.2 Å². The summed E-state index contributed by atoms with van der Waals surface area (Å²) in [6.45, 7) is 0.335. The van der Waals surface area contributed by atoms with Gasteiger partial charge in [0.2, 0.25) is 5.91 Å². The molecule has 4 nitrogen and oxygen atoms in total. The number of benzene rings is 1. The summed E-state index contributed by atoms with van der Waals surface area (Å²) in [5.41, 5.74) is 1.10. The Labute approximate surface area is 122 Å². The van der Waals surface area contributed by atoms with Crippen LogP contribution in [0.15, 0.2) is 29.2 Å². The van der Waals surface area contributed by atoms with Crippen LogP contribution in [0.2, 0.25) is 0 Å². The smallest absolute Gasteiger partial charge is 0.305 e. The van der Waals surface area contributed by atoms with Crippen LogP contribution < -0.4 is 0 Å². The summed E-state index contributed by atoms with van der Waals surface area (Å²) in [5, 5.41) is 8.83. The molecule has 1 unspecified atom stereocenters. The van der Waals surface area contributed by atoms with Crippen LogP contribution in [0, 0.1) is 0 Å². The highest BCUT2D eigenvalue weighted by Crippen LogP contribution is 2.41. The van der Waals surface area contributed by atoms with E-state index in [2.05, 4.69) is 0 Å². The number of hydrogen-bond donors (Lipinski definition) is 1. The van der Waals surface area contributed by atoms with Crippen LogP contribution in [-0.4, -0.2) is 40.2 Å². The number of rotatable bonds is 5. The fourth-order valence-electron chi connectivity index (χ4n) is 2.64. The molecule has 1 aromatic carbocycles. The number of nitrogens with zero attached hydrogens (tertiary/aromatic N) is 1. The number of hydrogen-bond acceptors (Lipinski definition) is 3. The van der Waals surface area contributed by atoms with Crippen molar-refractivity contribution in [3.63, 3.8) is 0 Å². The molecule has 3 rings (SSSR count). The Morgan fingerprint density at radius 2 is 2.05 bits per heavy atom. The first-order valence-electron chi connectivity index (χ1n) is 6.91. The van der Waals surface area contributed by atoms with E-state index in [0.29, 0.717) is 6.54 Å². The van der Waals surface area contributed by atoms with E-state index in [4.69, 9.17) is 5.11 Å². The fourth-order valence-corrected chi connectivity index (χ4v) is 3.86. The van der Waals surface area contributed by atoms with Gasteiger partial charge in [-0.2, -0.15) is 0 Å². The summed E-state index contributed by atoms with van der Waals surface area (Å²) in [7, 11) is 0. The van der Waals surface area contributed by atoms with Gasteiger partial charge in [0.1, 0.15) is 0 Å². The number of fused-ring (bicyclic) bond motifs is 1. The van der Waals surface area contributed by atoms with Crippen molar-refractivity contribution >= 4 is 23.6 Å². The van der Waals surface area contributed by atoms with Crippen LogP contribution in [0.3, 0.4) is 0 Å². The second-order valence-corrected chi connectivity index (χ2v) is 6.37. The molecule has 106 valence electrons. The molecule has 1 aliphatic carbocycles. The van der Waals surface area contributed by atoms with Crippen molar-refractivity contribution in [1.29, 1.82) is 0 Å². The lowest BCUT2D eigenvalue weighted by Gasteiger charge is -2.25. The molecule has 1 atom stereocenters. The lowest BCUT2D eigenvalue weighted by Crippen LogP contribution is -2.38. The first kappa shape index (κ1) is 13.5. The summed E-state index contributed by atoms with van der Waals surface area (Å²) < 4.78 is 0. The summed E-state index contributed by atoms with van der Waals surface area (Å²) in [5.74, 6) is -0.0736. The van der Waals surface area contributed by atoms with Crippen LogP contribution in [-0.2, 0) is 9.59 Å². The first-order valence-corrected chi connectivity index (χ1v) is 7.89. The number of aliphatic carboxylic acids is 1. The highest BCUT2D eigenvalue weighted by molar-refractivity contribution is 7.99. The Kier molecular flexibility index (Phi) is 3.70. The number of carbonyl (C=O) groups is 2. The summed E-state index contributed by atoms with van der Waals surface area (Å²) in [6.07, 6.45) is 2.05. The maximum absolute atomic E-state index is 12.7. The molecule has 0 bridgehead atoms. The second kappa shape index (κ2) is 5.48. The molecule has 20 heavy (non-hydrogen) atoms. The molecule has 1 saturated carbocycles. The van der Waals surface area contributed by atoms with E-state index in [1.165, 1.54) is 4.90 Å². The van der Waals surface area contributed by atoms with Gasteiger partial charge in [0.05, 0.1) is 12.3 Å². The molecule has 5 heteroatoms. The lowest BCUT2D eigenvalue weighted by atomic mass is 9.99. The van der Waals surface area contributed by atoms with Gasteiger partial charge in [-0.05, 0) is 24.5 Å². The Morgan fingerprint density at radius 1 is 1.30 bits per heavy atom. The van der Waals surface area contributed by atoms with Crippen molar-refractivity contribution < 1.29 is 14.7 Å². The molecule has 0 spiro atoms. The van der Waals surface area contributed by atoms with Crippen molar-refractivity contribution in [2.75, 3.05) is 12.3 Å². The van der Waals surface area contributed by atoms with E-state index in [1.54, 1.807) is 16.7 Å². The third-order valence-electron chi connectivity index (χ3n) is 3.84. The summed E-state index contributed by atoms with van der Waals surface area (Å²) in [4.78, 5) is 26.4. The average Bonchev–Trinajstić information content (AvgIpc) is 3.17. The minimum absolute atomic E-state index is 0.0315. The van der Waals surface area contributed by atoms with Crippen LogP contribution in [0.5, 0.6) is 0 Å². The Morgan fingerprint density at radius 3 is 2.75 bits per heavy atom. The molecule has 0 saturated heterocycles. The van der Waals surface area contributed by atoms with E-state index >= 15 is 0 Å². The van der Waals surface area contributed by atoms with E-state index in [-0.39, 0.29) is 24.3 Å². The molecule has 2 aliphatic rings. The van der Waals surface area contributed by atoms with Gasteiger partial charge in [-0.3, -0.25) is 9.59 Å². The molecule has 1 N–H and O–H groups in total. The molecule has 0 aromatic heterocycles. The van der Waals surface area contributed by atoms with Gasteiger partial charge in [0.15, 0.2) is 0 Å². The zero-order chi connectivity index (χ0) is 14.1. The maximum Gasteiger partial charge on any atom is 0.305 e. The quantitative estimate of drug-likeness (QED) is 0.904. The number of amides is 1. The van der Waals surface area contributed by atoms with Gasteiger partial charge < -0.3 is 10.0 Å². The molecular formula is C15H17NO3S. The van der Waals surface area contributed by atoms with Gasteiger partial charge in [-0.1, -0.05) is 18.2 Å². The predicted molar refractivity (Wildman–Crippen MR) is 76.9 cm³/mol. The largest absolute Gasteiger partial charge is 0.481 e. The molecule has 1 aliphatic heterocycles. The molecular weight excluding hydrogens is 274 g/mol. The topological polar surface area (TPSA) is 57.6 Å². The van der Waals surface area contributed by atoms with E-state index < -0.39 is 5.97 Å². The summed E-state index contributed by atoms with van der Waals surface area (Å²) in [6, 6.07) is 8.28. The zero-order valence-electron chi connectivity index (χ0n) is 11.1. The predicted octanol–water partition coefficient (Wildman–Crippen LogP) is 2.34. The van der Waals surface area contributed by atoms with Crippen LogP contribution in [0.1, 0.15) is 30.7 Å². The number of thioether (sulfide) groups is 1. The van der Waals surface area contributed by atoms with Gasteiger partial charge >= 0.3 is 5.97 Å². The lowest BCUT2D eigenvalue weighted by molar-refractivity contribution is -0.139. The Hall–Kier alpha value is -1.49. The second-order valence-electron chi connectivity index (χ2n) is 5.31. The average molecular weight is 291 g/mol. The minimum Gasteiger partial charge on any atom is -0.481 e. The zero-order valence-corrected chi connectivity index (χ0v) is 11.9. The minimum atomic E-state index is -0.843. The Balaban J connectivity index is 1.75. The number of carboxylic acids is 1. The number of carbonyl (C=O) groups excluding carboxylic acids is 1. The molecule has 1 fully saturated rings. The molecule has 1 heterocycles. The van der Waals surface area contributed by atoms with Crippen LogP contribution >= 0.6 is 11.8 Å². The highest BCUT2D eigenvalue weighted by Gasteiger charge is 2.38. The van der Waals surface area contributed by atoms with E-state index in [0.717, 1.165) is 24.2 Å².